The third-order valence-electron chi connectivity index (χ3n) is 4.12. The topological polar surface area (TPSA) is 42.3 Å². The van der Waals surface area contributed by atoms with Crippen molar-refractivity contribution in [3.63, 3.8) is 0 Å². The van der Waals surface area contributed by atoms with Crippen LogP contribution in [-0.2, 0) is 6.54 Å². The number of amides is 1. The third-order valence-corrected chi connectivity index (χ3v) is 4.12. The summed E-state index contributed by atoms with van der Waals surface area (Å²) in [6, 6.07) is 9.57. The summed E-state index contributed by atoms with van der Waals surface area (Å²) in [7, 11) is 0. The van der Waals surface area contributed by atoms with Crippen LogP contribution < -0.4 is 5.56 Å². The first kappa shape index (κ1) is 15.5. The molecule has 1 aliphatic rings. The molecule has 0 N–H and O–H groups in total. The van der Waals surface area contributed by atoms with Crippen LogP contribution in [0.5, 0.6) is 0 Å². The molecule has 0 spiro atoms. The van der Waals surface area contributed by atoms with E-state index in [9.17, 15) is 14.0 Å². The van der Waals surface area contributed by atoms with Gasteiger partial charge in [-0.1, -0.05) is 12.1 Å². The summed E-state index contributed by atoms with van der Waals surface area (Å²) in [5, 5.41) is 0. The molecule has 1 aromatic carbocycles. The Bertz CT molecular complexity index is 764. The van der Waals surface area contributed by atoms with E-state index in [2.05, 4.69) is 0 Å². The number of hydrogen-bond acceptors (Lipinski definition) is 2. The molecule has 0 unspecified atom stereocenters. The average Bonchev–Trinajstić information content (AvgIpc) is 2.58. The molecule has 0 bridgehead atoms. The number of hydrogen-bond donors (Lipinski definition) is 0. The Kier molecular flexibility index (Phi) is 4.55. The fraction of sp³-hybridized carbons (Fsp3) is 0.333. The van der Waals surface area contributed by atoms with Crippen molar-refractivity contribution in [2.24, 2.45) is 0 Å². The Morgan fingerprint density at radius 1 is 1.09 bits per heavy atom. The summed E-state index contributed by atoms with van der Waals surface area (Å²) in [4.78, 5) is 26.2. The van der Waals surface area contributed by atoms with E-state index in [-0.39, 0.29) is 18.0 Å². The normalized spacial score (nSPS) is 14.7. The molecule has 5 heteroatoms. The molecule has 2 aromatic rings. The van der Waals surface area contributed by atoms with Crippen LogP contribution in [0.25, 0.3) is 0 Å². The molecule has 1 aliphatic heterocycles. The molecule has 1 aromatic heterocycles. The standard InChI is InChI=1S/C18H19FN2O2/c19-16-7-8-17(22)21(13-16)12-14-5-4-6-15(11-14)18(23)20-9-2-1-3-10-20/h4-8,11,13H,1-3,9-10,12H2. The lowest BCUT2D eigenvalue weighted by molar-refractivity contribution is 0.0724. The van der Waals surface area contributed by atoms with Gasteiger partial charge in [-0.25, -0.2) is 4.39 Å². The van der Waals surface area contributed by atoms with E-state index in [1.54, 1.807) is 18.2 Å². The zero-order valence-corrected chi connectivity index (χ0v) is 12.9. The van der Waals surface area contributed by atoms with E-state index in [1.165, 1.54) is 23.3 Å². The summed E-state index contributed by atoms with van der Waals surface area (Å²) >= 11 is 0. The van der Waals surface area contributed by atoms with Gasteiger partial charge in [0.15, 0.2) is 0 Å². The van der Waals surface area contributed by atoms with Crippen LogP contribution >= 0.6 is 0 Å². The maximum Gasteiger partial charge on any atom is 0.253 e. The second-order valence-corrected chi connectivity index (χ2v) is 5.87. The number of halogens is 1. The highest BCUT2D eigenvalue weighted by Gasteiger charge is 2.18. The molecule has 23 heavy (non-hydrogen) atoms. The minimum absolute atomic E-state index is 0.0261. The minimum Gasteiger partial charge on any atom is -0.339 e. The minimum atomic E-state index is -0.454. The number of carbonyl (C=O) groups excluding carboxylic acids is 1. The van der Waals surface area contributed by atoms with Crippen molar-refractivity contribution in [3.8, 4) is 0 Å². The van der Waals surface area contributed by atoms with Gasteiger partial charge in [0.05, 0.1) is 6.54 Å². The number of aromatic nitrogens is 1. The molecular weight excluding hydrogens is 295 g/mol. The molecule has 0 saturated carbocycles. The van der Waals surface area contributed by atoms with Crippen molar-refractivity contribution >= 4 is 5.91 Å². The van der Waals surface area contributed by atoms with Crippen LogP contribution in [0, 0.1) is 5.82 Å². The summed E-state index contributed by atoms with van der Waals surface area (Å²) < 4.78 is 14.6. The molecule has 1 saturated heterocycles. The average molecular weight is 314 g/mol. The quantitative estimate of drug-likeness (QED) is 0.874. The number of carbonyl (C=O) groups is 1. The van der Waals surface area contributed by atoms with Crippen molar-refractivity contribution in [1.82, 2.24) is 9.47 Å². The van der Waals surface area contributed by atoms with Gasteiger partial charge in [-0.15, -0.1) is 0 Å². The van der Waals surface area contributed by atoms with Crippen LogP contribution in [-0.4, -0.2) is 28.5 Å². The van der Waals surface area contributed by atoms with Gasteiger partial charge in [0.2, 0.25) is 0 Å². The van der Waals surface area contributed by atoms with E-state index in [1.807, 2.05) is 11.0 Å². The van der Waals surface area contributed by atoms with E-state index in [0.717, 1.165) is 37.6 Å². The van der Waals surface area contributed by atoms with E-state index >= 15 is 0 Å². The predicted octanol–water partition coefficient (Wildman–Crippen LogP) is 2.66. The summed E-state index contributed by atoms with van der Waals surface area (Å²) in [6.07, 6.45) is 4.45. The maximum absolute atomic E-state index is 13.3. The van der Waals surface area contributed by atoms with Gasteiger partial charge in [0.1, 0.15) is 5.82 Å². The summed E-state index contributed by atoms with van der Waals surface area (Å²) in [5.74, 6) is -0.428. The van der Waals surface area contributed by atoms with Gasteiger partial charge in [0.25, 0.3) is 11.5 Å². The van der Waals surface area contributed by atoms with E-state index in [4.69, 9.17) is 0 Å². The Balaban J connectivity index is 1.80. The van der Waals surface area contributed by atoms with Crippen molar-refractivity contribution in [2.45, 2.75) is 25.8 Å². The van der Waals surface area contributed by atoms with Crippen LogP contribution in [0.3, 0.4) is 0 Å². The molecule has 120 valence electrons. The Hall–Kier alpha value is -2.43. The van der Waals surface area contributed by atoms with Gasteiger partial charge in [-0.05, 0) is 43.0 Å². The maximum atomic E-state index is 13.3. The monoisotopic (exact) mass is 314 g/mol. The van der Waals surface area contributed by atoms with Crippen molar-refractivity contribution in [3.05, 3.63) is 69.9 Å². The fourth-order valence-corrected chi connectivity index (χ4v) is 2.90. The zero-order chi connectivity index (χ0) is 16.2. The number of benzene rings is 1. The Labute approximate surface area is 134 Å². The molecule has 4 nitrogen and oxygen atoms in total. The zero-order valence-electron chi connectivity index (χ0n) is 12.9. The fourth-order valence-electron chi connectivity index (χ4n) is 2.90. The Morgan fingerprint density at radius 3 is 2.65 bits per heavy atom. The van der Waals surface area contributed by atoms with Gasteiger partial charge in [-0.3, -0.25) is 9.59 Å². The number of nitrogens with zero attached hydrogens (tertiary/aromatic N) is 2. The van der Waals surface area contributed by atoms with Crippen molar-refractivity contribution in [2.75, 3.05) is 13.1 Å². The number of rotatable bonds is 3. The molecule has 0 atom stereocenters. The number of likely N-dealkylation sites (tertiary alicyclic amines) is 1. The summed E-state index contributed by atoms with van der Waals surface area (Å²) in [6.45, 7) is 1.84. The van der Waals surface area contributed by atoms with Gasteiger partial charge in [0, 0.05) is 30.9 Å². The van der Waals surface area contributed by atoms with Crippen LogP contribution in [0.1, 0.15) is 35.2 Å². The molecule has 0 radical (unpaired) electrons. The van der Waals surface area contributed by atoms with E-state index < -0.39 is 5.82 Å². The van der Waals surface area contributed by atoms with Gasteiger partial charge >= 0.3 is 0 Å². The molecular formula is C18H19FN2O2. The van der Waals surface area contributed by atoms with E-state index in [0.29, 0.717) is 5.56 Å². The largest absolute Gasteiger partial charge is 0.339 e. The lowest BCUT2D eigenvalue weighted by Crippen LogP contribution is -2.35. The first-order valence-electron chi connectivity index (χ1n) is 7.88. The number of pyridine rings is 1. The van der Waals surface area contributed by atoms with Crippen LogP contribution in [0.2, 0.25) is 0 Å². The smallest absolute Gasteiger partial charge is 0.253 e. The highest BCUT2D eigenvalue weighted by atomic mass is 19.1. The summed E-state index contributed by atoms with van der Waals surface area (Å²) in [5.41, 5.74) is 1.16. The highest BCUT2D eigenvalue weighted by molar-refractivity contribution is 5.94. The number of piperidine rings is 1. The lowest BCUT2D eigenvalue weighted by Gasteiger charge is -2.26. The molecule has 3 rings (SSSR count). The molecule has 0 aliphatic carbocycles. The second-order valence-electron chi connectivity index (χ2n) is 5.87. The first-order valence-corrected chi connectivity index (χ1v) is 7.88. The van der Waals surface area contributed by atoms with Crippen LogP contribution in [0.4, 0.5) is 4.39 Å². The van der Waals surface area contributed by atoms with Gasteiger partial charge < -0.3 is 9.47 Å². The Morgan fingerprint density at radius 2 is 1.87 bits per heavy atom. The molecule has 1 amide bonds. The molecule has 2 heterocycles. The van der Waals surface area contributed by atoms with Crippen molar-refractivity contribution in [1.29, 1.82) is 0 Å². The highest BCUT2D eigenvalue weighted by Crippen LogP contribution is 2.14. The first-order chi connectivity index (χ1) is 11.1. The SMILES string of the molecule is O=C(c1cccc(Cn2cc(F)ccc2=O)c1)N1CCCCC1. The van der Waals surface area contributed by atoms with Gasteiger partial charge in [-0.2, -0.15) is 0 Å². The third kappa shape index (κ3) is 3.67. The second kappa shape index (κ2) is 6.77. The molecule has 1 fully saturated rings. The predicted molar refractivity (Wildman–Crippen MR) is 86.0 cm³/mol. The lowest BCUT2D eigenvalue weighted by atomic mass is 10.1. The van der Waals surface area contributed by atoms with Crippen molar-refractivity contribution < 1.29 is 9.18 Å². The van der Waals surface area contributed by atoms with Crippen LogP contribution in [0.15, 0.2) is 47.4 Å².